The average molecular weight is 437 g/mol. The summed E-state index contributed by atoms with van der Waals surface area (Å²) < 4.78 is 14.1. The highest BCUT2D eigenvalue weighted by Crippen LogP contribution is 2.16. The largest absolute Gasteiger partial charge is 0.480 e. The third-order valence-corrected chi connectivity index (χ3v) is 5.47. The van der Waals surface area contributed by atoms with Gasteiger partial charge in [-0.15, -0.1) is 0 Å². The number of aliphatic carboxylic acids is 1. The summed E-state index contributed by atoms with van der Waals surface area (Å²) in [6.07, 6.45) is 18.4. The third-order valence-electron chi connectivity index (χ3n) is 5.47. The molecule has 0 aliphatic heterocycles. The van der Waals surface area contributed by atoms with Crippen molar-refractivity contribution in [3.8, 4) is 0 Å². The van der Waals surface area contributed by atoms with Crippen molar-refractivity contribution in [1.29, 1.82) is 0 Å². The number of rotatable bonds is 19. The van der Waals surface area contributed by atoms with Crippen LogP contribution in [0.15, 0.2) is 18.2 Å². The molecule has 0 aliphatic carbocycles. The zero-order valence-corrected chi connectivity index (χ0v) is 19.2. The monoisotopic (exact) mass is 436 g/mol. The molecule has 31 heavy (non-hydrogen) atoms. The molecular weight excluding hydrogens is 395 g/mol. The minimum absolute atomic E-state index is 0.150. The summed E-state index contributed by atoms with van der Waals surface area (Å²) in [6, 6.07) is 4.29. The van der Waals surface area contributed by atoms with Crippen molar-refractivity contribution in [3.05, 3.63) is 29.6 Å². The number of carbonyl (C=O) groups is 2. The Hall–Kier alpha value is -2.11. The Labute approximate surface area is 187 Å². The van der Waals surface area contributed by atoms with E-state index in [0.29, 0.717) is 5.69 Å². The van der Waals surface area contributed by atoms with Gasteiger partial charge in [0.2, 0.25) is 0 Å². The first-order valence-electron chi connectivity index (χ1n) is 12.1. The number of amides is 1. The molecule has 0 atom stereocenters. The SMILES string of the molecule is CCCCCCCCCCCCCCCCNc1ccc(C(=O)NCC(=O)O)c(F)c1. The van der Waals surface area contributed by atoms with Crippen LogP contribution in [0.5, 0.6) is 0 Å². The number of hydrogen-bond acceptors (Lipinski definition) is 3. The van der Waals surface area contributed by atoms with Crippen molar-refractivity contribution in [2.24, 2.45) is 0 Å². The molecule has 0 radical (unpaired) electrons. The van der Waals surface area contributed by atoms with Gasteiger partial charge < -0.3 is 15.7 Å². The fourth-order valence-electron chi connectivity index (χ4n) is 3.61. The van der Waals surface area contributed by atoms with Gasteiger partial charge in [0.25, 0.3) is 5.91 Å². The van der Waals surface area contributed by atoms with Crippen LogP contribution in [0.25, 0.3) is 0 Å². The van der Waals surface area contributed by atoms with Gasteiger partial charge in [0, 0.05) is 12.2 Å². The fraction of sp³-hybridized carbons (Fsp3) is 0.680. The van der Waals surface area contributed by atoms with Crippen LogP contribution in [0, 0.1) is 5.82 Å². The summed E-state index contributed by atoms with van der Waals surface area (Å²) in [5.74, 6) is -2.55. The summed E-state index contributed by atoms with van der Waals surface area (Å²) in [6.45, 7) is 2.49. The zero-order valence-electron chi connectivity index (χ0n) is 19.2. The van der Waals surface area contributed by atoms with Gasteiger partial charge in [-0.25, -0.2) is 4.39 Å². The van der Waals surface area contributed by atoms with E-state index in [-0.39, 0.29) is 5.56 Å². The van der Waals surface area contributed by atoms with E-state index in [1.54, 1.807) is 6.07 Å². The molecule has 6 heteroatoms. The number of carbonyl (C=O) groups excluding carboxylic acids is 1. The van der Waals surface area contributed by atoms with Crippen LogP contribution in [0.2, 0.25) is 0 Å². The maximum atomic E-state index is 14.1. The molecule has 0 saturated carbocycles. The quantitative estimate of drug-likeness (QED) is 0.215. The fourth-order valence-corrected chi connectivity index (χ4v) is 3.61. The number of anilines is 1. The summed E-state index contributed by atoms with van der Waals surface area (Å²) in [5.41, 5.74) is 0.477. The smallest absolute Gasteiger partial charge is 0.322 e. The zero-order chi connectivity index (χ0) is 22.7. The number of halogens is 1. The Morgan fingerprint density at radius 2 is 1.35 bits per heavy atom. The standard InChI is InChI=1S/C25H41FN2O3/c1-2-3-4-5-6-7-8-9-10-11-12-13-14-15-18-27-21-16-17-22(23(26)19-21)25(31)28-20-24(29)30/h16-17,19,27H,2-15,18,20H2,1H3,(H,28,31)(H,29,30). The second kappa shape index (κ2) is 17.6. The Balaban J connectivity index is 2.01. The van der Waals surface area contributed by atoms with E-state index in [4.69, 9.17) is 5.11 Å². The highest BCUT2D eigenvalue weighted by molar-refractivity contribution is 5.96. The molecule has 0 bridgehead atoms. The minimum Gasteiger partial charge on any atom is -0.480 e. The van der Waals surface area contributed by atoms with E-state index < -0.39 is 24.2 Å². The number of benzene rings is 1. The highest BCUT2D eigenvalue weighted by atomic mass is 19.1. The molecule has 0 unspecified atom stereocenters. The predicted octanol–water partition coefficient (Wildman–Crippen LogP) is 6.53. The molecule has 0 spiro atoms. The molecule has 0 aromatic heterocycles. The average Bonchev–Trinajstić information content (AvgIpc) is 2.74. The van der Waals surface area contributed by atoms with Crippen molar-refractivity contribution < 1.29 is 19.1 Å². The lowest BCUT2D eigenvalue weighted by molar-refractivity contribution is -0.135. The van der Waals surface area contributed by atoms with Crippen LogP contribution in [-0.2, 0) is 4.79 Å². The van der Waals surface area contributed by atoms with Gasteiger partial charge in [0.15, 0.2) is 0 Å². The molecule has 5 nitrogen and oxygen atoms in total. The minimum atomic E-state index is -1.17. The molecule has 1 aromatic carbocycles. The lowest BCUT2D eigenvalue weighted by atomic mass is 10.0. The summed E-state index contributed by atoms with van der Waals surface area (Å²) >= 11 is 0. The second-order valence-electron chi connectivity index (χ2n) is 8.29. The highest BCUT2D eigenvalue weighted by Gasteiger charge is 2.12. The van der Waals surface area contributed by atoms with Crippen molar-refractivity contribution in [2.75, 3.05) is 18.4 Å². The van der Waals surface area contributed by atoms with Crippen LogP contribution < -0.4 is 10.6 Å². The Kier molecular flexibility index (Phi) is 15.3. The van der Waals surface area contributed by atoms with Crippen molar-refractivity contribution in [2.45, 2.75) is 96.8 Å². The van der Waals surface area contributed by atoms with E-state index in [0.717, 1.165) is 19.4 Å². The van der Waals surface area contributed by atoms with Crippen LogP contribution in [0.1, 0.15) is 107 Å². The van der Waals surface area contributed by atoms with Gasteiger partial charge in [0.05, 0.1) is 5.56 Å². The van der Waals surface area contributed by atoms with Gasteiger partial charge in [-0.05, 0) is 24.6 Å². The molecule has 0 heterocycles. The Morgan fingerprint density at radius 3 is 1.84 bits per heavy atom. The van der Waals surface area contributed by atoms with E-state index in [1.165, 1.54) is 89.2 Å². The molecule has 0 saturated heterocycles. The lowest BCUT2D eigenvalue weighted by Gasteiger charge is -2.09. The van der Waals surface area contributed by atoms with Crippen molar-refractivity contribution in [3.63, 3.8) is 0 Å². The second-order valence-corrected chi connectivity index (χ2v) is 8.29. The molecule has 0 aliphatic rings. The van der Waals surface area contributed by atoms with E-state index in [1.807, 2.05) is 0 Å². The Morgan fingerprint density at radius 1 is 0.839 bits per heavy atom. The predicted molar refractivity (Wildman–Crippen MR) is 125 cm³/mol. The number of unbranched alkanes of at least 4 members (excludes halogenated alkanes) is 13. The first kappa shape index (κ1) is 26.9. The Bertz CT molecular complexity index is 637. The molecule has 1 aromatic rings. The molecule has 176 valence electrons. The maximum Gasteiger partial charge on any atom is 0.322 e. The van der Waals surface area contributed by atoms with Gasteiger partial charge in [0.1, 0.15) is 12.4 Å². The van der Waals surface area contributed by atoms with Gasteiger partial charge >= 0.3 is 5.97 Å². The number of hydrogen-bond donors (Lipinski definition) is 3. The van der Waals surface area contributed by atoms with E-state index in [9.17, 15) is 14.0 Å². The first-order valence-corrected chi connectivity index (χ1v) is 12.1. The van der Waals surface area contributed by atoms with Gasteiger partial charge in [-0.3, -0.25) is 9.59 Å². The molecular formula is C25H41FN2O3. The van der Waals surface area contributed by atoms with Gasteiger partial charge in [-0.1, -0.05) is 90.4 Å². The molecule has 0 fully saturated rings. The normalized spacial score (nSPS) is 10.8. The topological polar surface area (TPSA) is 78.4 Å². The van der Waals surface area contributed by atoms with Crippen molar-refractivity contribution >= 4 is 17.6 Å². The van der Waals surface area contributed by atoms with Gasteiger partial charge in [-0.2, -0.15) is 0 Å². The third kappa shape index (κ3) is 13.7. The molecule has 3 N–H and O–H groups in total. The van der Waals surface area contributed by atoms with E-state index in [2.05, 4.69) is 17.6 Å². The summed E-state index contributed by atoms with van der Waals surface area (Å²) in [5, 5.41) is 13.9. The van der Waals surface area contributed by atoms with Crippen molar-refractivity contribution in [1.82, 2.24) is 5.32 Å². The van der Waals surface area contributed by atoms with E-state index >= 15 is 0 Å². The summed E-state index contributed by atoms with van der Waals surface area (Å²) in [4.78, 5) is 22.2. The number of carboxylic acids is 1. The summed E-state index contributed by atoms with van der Waals surface area (Å²) in [7, 11) is 0. The van der Waals surface area contributed by atoms with Crippen LogP contribution in [0.4, 0.5) is 10.1 Å². The number of nitrogens with one attached hydrogen (secondary N) is 2. The number of carboxylic acid groups (broad SMARTS) is 1. The van der Waals surface area contributed by atoms with Crippen LogP contribution in [0.3, 0.4) is 0 Å². The lowest BCUT2D eigenvalue weighted by Crippen LogP contribution is -2.29. The molecule has 1 rings (SSSR count). The van der Waals surface area contributed by atoms with Crippen LogP contribution in [-0.4, -0.2) is 30.1 Å². The maximum absolute atomic E-state index is 14.1. The molecule has 1 amide bonds. The van der Waals surface area contributed by atoms with Crippen LogP contribution >= 0.6 is 0 Å². The first-order chi connectivity index (χ1) is 15.0.